The van der Waals surface area contributed by atoms with Crippen molar-refractivity contribution < 1.29 is 9.90 Å². The van der Waals surface area contributed by atoms with Crippen LogP contribution in [0.5, 0.6) is 5.75 Å². The van der Waals surface area contributed by atoms with Crippen molar-refractivity contribution in [3.63, 3.8) is 0 Å². The highest BCUT2D eigenvalue weighted by molar-refractivity contribution is 7.21. The molecule has 3 heterocycles. The zero-order valence-electron chi connectivity index (χ0n) is 17.3. The lowest BCUT2D eigenvalue weighted by molar-refractivity contribution is 0.112. The maximum Gasteiger partial charge on any atom is 0.231 e. The number of phenols is 1. The van der Waals surface area contributed by atoms with Crippen LogP contribution in [0.3, 0.4) is 0 Å². The summed E-state index contributed by atoms with van der Waals surface area (Å²) in [7, 11) is 0. The predicted octanol–water partition coefficient (Wildman–Crippen LogP) is 6.27. The highest BCUT2D eigenvalue weighted by Crippen LogP contribution is 2.52. The van der Waals surface area contributed by atoms with E-state index in [1.165, 1.54) is 22.6 Å². The molecule has 1 aromatic heterocycles. The van der Waals surface area contributed by atoms with E-state index in [1.807, 2.05) is 12.1 Å². The summed E-state index contributed by atoms with van der Waals surface area (Å²) in [5.41, 5.74) is 5.34. The molecule has 1 atom stereocenters. The van der Waals surface area contributed by atoms with Gasteiger partial charge in [-0.2, -0.15) is 0 Å². The molecule has 0 amide bonds. The Morgan fingerprint density at radius 3 is 2.93 bits per heavy atom. The molecule has 1 unspecified atom stereocenters. The molecule has 0 spiro atoms. The number of fused-ring (bicyclic) bond motifs is 1. The van der Waals surface area contributed by atoms with Crippen molar-refractivity contribution >= 4 is 44.3 Å². The lowest BCUT2D eigenvalue weighted by Crippen LogP contribution is -2.50. The number of thiazole rings is 1. The first kappa shape index (κ1) is 19.2. The summed E-state index contributed by atoms with van der Waals surface area (Å²) in [6.45, 7) is 7.85. The van der Waals surface area contributed by atoms with E-state index in [1.54, 1.807) is 12.1 Å². The van der Waals surface area contributed by atoms with Gasteiger partial charge < -0.3 is 10.0 Å². The molecule has 30 heavy (non-hydrogen) atoms. The van der Waals surface area contributed by atoms with Gasteiger partial charge in [-0.15, -0.1) is 10.2 Å². The third-order valence-electron chi connectivity index (χ3n) is 6.31. The van der Waals surface area contributed by atoms with Crippen molar-refractivity contribution in [1.82, 2.24) is 4.98 Å². The average Bonchev–Trinajstić information content (AvgIpc) is 3.13. The first-order valence-electron chi connectivity index (χ1n) is 10.3. The summed E-state index contributed by atoms with van der Waals surface area (Å²) in [6, 6.07) is 7.38. The molecular weight excluding hydrogens is 396 g/mol. The van der Waals surface area contributed by atoms with Crippen molar-refractivity contribution in [1.29, 1.82) is 0 Å². The molecule has 1 N–H and O–H groups in total. The number of phenolic OH excluding ortho intramolecular Hbond substituents is 1. The van der Waals surface area contributed by atoms with Crippen LogP contribution in [0.15, 0.2) is 34.5 Å². The van der Waals surface area contributed by atoms with Gasteiger partial charge in [0.25, 0.3) is 0 Å². The number of aromatic nitrogens is 1. The minimum absolute atomic E-state index is 0.0818. The first-order valence-corrected chi connectivity index (χ1v) is 11.1. The molecule has 3 aromatic rings. The molecular formula is C23H24N4O2S. The van der Waals surface area contributed by atoms with Crippen molar-refractivity contribution in [2.45, 2.75) is 51.5 Å². The Labute approximate surface area is 179 Å². The zero-order chi connectivity index (χ0) is 21.0. The largest absolute Gasteiger partial charge is 0.505 e. The number of carbonyl (C=O) groups excluding carboxylic acids is 1. The second-order valence-corrected chi connectivity index (χ2v) is 9.88. The summed E-state index contributed by atoms with van der Waals surface area (Å²) in [4.78, 5) is 17.9. The van der Waals surface area contributed by atoms with Crippen molar-refractivity contribution in [3.8, 4) is 5.75 Å². The Kier molecular flexibility index (Phi) is 4.39. The Morgan fingerprint density at radius 1 is 1.30 bits per heavy atom. The SMILES string of the molecule is CC1CC(C)(C)N2CCCc3c(O)c(N=Nc4nc5cc(C=O)ccc5s4)cc1c32. The van der Waals surface area contributed by atoms with Gasteiger partial charge in [-0.05, 0) is 62.8 Å². The van der Waals surface area contributed by atoms with Gasteiger partial charge >= 0.3 is 0 Å². The van der Waals surface area contributed by atoms with Gasteiger partial charge in [0, 0.05) is 28.9 Å². The van der Waals surface area contributed by atoms with Gasteiger partial charge in [0.1, 0.15) is 17.7 Å². The van der Waals surface area contributed by atoms with Gasteiger partial charge in [-0.1, -0.05) is 24.3 Å². The highest BCUT2D eigenvalue weighted by atomic mass is 32.1. The van der Waals surface area contributed by atoms with E-state index >= 15 is 0 Å². The van der Waals surface area contributed by atoms with Crippen LogP contribution >= 0.6 is 11.3 Å². The van der Waals surface area contributed by atoms with E-state index in [-0.39, 0.29) is 11.3 Å². The number of aromatic hydroxyl groups is 1. The van der Waals surface area contributed by atoms with E-state index in [4.69, 9.17) is 0 Å². The second-order valence-electron chi connectivity index (χ2n) is 8.87. The van der Waals surface area contributed by atoms with Crippen LogP contribution in [0.25, 0.3) is 10.2 Å². The first-order chi connectivity index (χ1) is 14.4. The fourth-order valence-electron chi connectivity index (χ4n) is 4.98. The Balaban J connectivity index is 1.56. The molecule has 0 saturated heterocycles. The van der Waals surface area contributed by atoms with Crippen LogP contribution in [0.4, 0.5) is 16.5 Å². The van der Waals surface area contributed by atoms with Crippen molar-refractivity contribution in [3.05, 3.63) is 41.0 Å². The standard InChI is InChI=1S/C23H24N4O2S/c1-13-11-23(2,3)27-8-4-5-15-20(27)16(13)10-18(21(15)29)25-26-22-24-17-9-14(12-28)6-7-19(17)30-22/h6-7,9-10,12-13,29H,4-5,8,11H2,1-3H3. The van der Waals surface area contributed by atoms with E-state index in [0.29, 0.717) is 22.3 Å². The smallest absolute Gasteiger partial charge is 0.231 e. The van der Waals surface area contributed by atoms with Gasteiger partial charge in [0.05, 0.1) is 10.2 Å². The molecule has 0 fully saturated rings. The topological polar surface area (TPSA) is 78.2 Å². The monoisotopic (exact) mass is 420 g/mol. The number of aldehydes is 1. The molecule has 0 saturated carbocycles. The predicted molar refractivity (Wildman–Crippen MR) is 120 cm³/mol. The molecule has 0 bridgehead atoms. The lowest BCUT2D eigenvalue weighted by Gasteiger charge is -2.50. The van der Waals surface area contributed by atoms with E-state index in [9.17, 15) is 9.90 Å². The number of nitrogens with zero attached hydrogens (tertiary/aromatic N) is 4. The molecule has 0 aliphatic carbocycles. The quantitative estimate of drug-likeness (QED) is 0.400. The van der Waals surface area contributed by atoms with Crippen molar-refractivity contribution in [2.24, 2.45) is 10.2 Å². The molecule has 2 aliphatic rings. The van der Waals surface area contributed by atoms with Crippen molar-refractivity contribution in [2.75, 3.05) is 11.4 Å². The third-order valence-corrected chi connectivity index (χ3v) is 7.23. The number of anilines is 1. The minimum Gasteiger partial charge on any atom is -0.505 e. The van der Waals surface area contributed by atoms with Crippen LogP contribution in [0.1, 0.15) is 61.0 Å². The molecule has 0 radical (unpaired) electrons. The maximum atomic E-state index is 11.0. The highest BCUT2D eigenvalue weighted by Gasteiger charge is 2.40. The Hall–Kier alpha value is -2.80. The summed E-state index contributed by atoms with van der Waals surface area (Å²) in [6.07, 6.45) is 3.75. The summed E-state index contributed by atoms with van der Waals surface area (Å²) >= 11 is 1.41. The third kappa shape index (κ3) is 2.99. The van der Waals surface area contributed by atoms with Gasteiger partial charge in [-0.25, -0.2) is 4.98 Å². The van der Waals surface area contributed by atoms with E-state index in [2.05, 4.69) is 40.9 Å². The van der Waals surface area contributed by atoms with Crippen LogP contribution < -0.4 is 4.90 Å². The fraction of sp³-hybridized carbons (Fsp3) is 0.391. The van der Waals surface area contributed by atoms with Gasteiger partial charge in [0.2, 0.25) is 5.13 Å². The van der Waals surface area contributed by atoms with Crippen LogP contribution in [-0.4, -0.2) is 28.5 Å². The number of hydrogen-bond donors (Lipinski definition) is 1. The van der Waals surface area contributed by atoms with E-state index in [0.717, 1.165) is 47.9 Å². The van der Waals surface area contributed by atoms with Crippen LogP contribution in [0.2, 0.25) is 0 Å². The van der Waals surface area contributed by atoms with Crippen LogP contribution in [-0.2, 0) is 6.42 Å². The number of benzene rings is 2. The second kappa shape index (κ2) is 6.87. The lowest BCUT2D eigenvalue weighted by atomic mass is 9.76. The molecule has 6 nitrogen and oxygen atoms in total. The molecule has 2 aliphatic heterocycles. The fourth-order valence-corrected chi connectivity index (χ4v) is 5.75. The Bertz CT molecular complexity index is 1200. The minimum atomic E-state index is 0.0818. The molecule has 2 aromatic carbocycles. The average molecular weight is 421 g/mol. The zero-order valence-corrected chi connectivity index (χ0v) is 18.2. The van der Waals surface area contributed by atoms with Gasteiger partial charge in [-0.3, -0.25) is 4.79 Å². The van der Waals surface area contributed by atoms with E-state index < -0.39 is 0 Å². The normalized spacial score (nSPS) is 20.0. The number of carbonyl (C=O) groups is 1. The summed E-state index contributed by atoms with van der Waals surface area (Å²) in [5.74, 6) is 0.623. The molecule has 7 heteroatoms. The van der Waals surface area contributed by atoms with Gasteiger partial charge in [0.15, 0.2) is 0 Å². The summed E-state index contributed by atoms with van der Waals surface area (Å²) in [5, 5.41) is 20.2. The number of azo groups is 1. The summed E-state index contributed by atoms with van der Waals surface area (Å²) < 4.78 is 0.950. The number of hydrogen-bond acceptors (Lipinski definition) is 7. The number of rotatable bonds is 3. The maximum absolute atomic E-state index is 11.0. The van der Waals surface area contributed by atoms with Crippen LogP contribution in [0, 0.1) is 0 Å². The molecule has 154 valence electrons. The molecule has 5 rings (SSSR count). The Morgan fingerprint density at radius 2 is 2.13 bits per heavy atom.